The Labute approximate surface area is 155 Å². The molecule has 0 saturated heterocycles. The molecule has 0 unspecified atom stereocenters. The highest BCUT2D eigenvalue weighted by atomic mass is 32.1. The van der Waals surface area contributed by atoms with E-state index >= 15 is 0 Å². The molecule has 0 bridgehead atoms. The summed E-state index contributed by atoms with van der Waals surface area (Å²) in [6.07, 6.45) is 4.43. The molecule has 0 aliphatic heterocycles. The molecule has 1 aromatic carbocycles. The van der Waals surface area contributed by atoms with E-state index in [2.05, 4.69) is 33.7 Å². The van der Waals surface area contributed by atoms with Crippen LogP contribution >= 0.6 is 11.3 Å². The number of fused-ring (bicyclic) bond motifs is 1. The zero-order valence-electron chi connectivity index (χ0n) is 14.7. The quantitative estimate of drug-likeness (QED) is 0.636. The Kier molecular flexibility index (Phi) is 5.85. The van der Waals surface area contributed by atoms with Crippen molar-refractivity contribution in [1.82, 2.24) is 19.9 Å². The second-order valence-electron chi connectivity index (χ2n) is 5.66. The first-order chi connectivity index (χ1) is 12.6. The molecule has 0 aliphatic carbocycles. The zero-order valence-corrected chi connectivity index (χ0v) is 15.5. The van der Waals surface area contributed by atoms with Crippen molar-refractivity contribution >= 4 is 32.6 Å². The molecule has 0 atom stereocenters. The minimum Gasteiger partial charge on any atom is -0.302 e. The Balaban J connectivity index is 1.95. The maximum absolute atomic E-state index is 14.0. The van der Waals surface area contributed by atoms with Crippen LogP contribution in [-0.4, -0.2) is 51.9 Å². The Morgan fingerprint density at radius 1 is 1.19 bits per heavy atom. The third-order valence-corrected chi connectivity index (χ3v) is 5.19. The van der Waals surface area contributed by atoms with Gasteiger partial charge < -0.3 is 4.90 Å². The molecule has 1 amide bonds. The third kappa shape index (κ3) is 3.86. The molecule has 8 heteroatoms. The Morgan fingerprint density at radius 3 is 2.65 bits per heavy atom. The number of rotatable bonds is 7. The van der Waals surface area contributed by atoms with Gasteiger partial charge in [0, 0.05) is 25.5 Å². The van der Waals surface area contributed by atoms with Crippen molar-refractivity contribution in [3.8, 4) is 0 Å². The lowest BCUT2D eigenvalue weighted by Gasteiger charge is -2.24. The Morgan fingerprint density at radius 2 is 2.00 bits per heavy atom. The van der Waals surface area contributed by atoms with Crippen molar-refractivity contribution in [2.75, 3.05) is 31.1 Å². The number of nitrogens with zero attached hydrogens (tertiary/aromatic N) is 5. The van der Waals surface area contributed by atoms with E-state index in [9.17, 15) is 9.18 Å². The number of hydrogen-bond donors (Lipinski definition) is 0. The molecule has 0 spiro atoms. The second-order valence-corrected chi connectivity index (χ2v) is 6.67. The van der Waals surface area contributed by atoms with Gasteiger partial charge in [0.2, 0.25) is 0 Å². The fourth-order valence-corrected chi connectivity index (χ4v) is 3.64. The summed E-state index contributed by atoms with van der Waals surface area (Å²) in [5.41, 5.74) is 0.527. The predicted molar refractivity (Wildman–Crippen MR) is 101 cm³/mol. The highest BCUT2D eigenvalue weighted by Gasteiger charge is 2.23. The van der Waals surface area contributed by atoms with Crippen molar-refractivity contribution in [1.29, 1.82) is 0 Å². The number of carbonyl (C=O) groups is 1. The summed E-state index contributed by atoms with van der Waals surface area (Å²) in [6, 6.07) is 4.82. The molecular formula is C18H20FN5OS. The predicted octanol–water partition coefficient (Wildman–Crippen LogP) is 3.21. The third-order valence-electron chi connectivity index (χ3n) is 4.15. The summed E-state index contributed by atoms with van der Waals surface area (Å²) >= 11 is 1.30. The van der Waals surface area contributed by atoms with Crippen molar-refractivity contribution in [2.45, 2.75) is 13.8 Å². The van der Waals surface area contributed by atoms with Crippen LogP contribution in [0.2, 0.25) is 0 Å². The van der Waals surface area contributed by atoms with Gasteiger partial charge in [-0.15, -0.1) is 0 Å². The largest absolute Gasteiger partial charge is 0.302 e. The van der Waals surface area contributed by atoms with Crippen molar-refractivity contribution in [3.05, 3.63) is 48.3 Å². The number of benzene rings is 1. The first-order valence-electron chi connectivity index (χ1n) is 8.49. The van der Waals surface area contributed by atoms with Gasteiger partial charge in [-0.25, -0.2) is 14.4 Å². The number of para-hydroxylation sites is 1. The lowest BCUT2D eigenvalue weighted by Crippen LogP contribution is -2.39. The number of thiazole rings is 1. The summed E-state index contributed by atoms with van der Waals surface area (Å²) in [5, 5.41) is 0.466. The minimum absolute atomic E-state index is 0.242. The highest BCUT2D eigenvalue weighted by molar-refractivity contribution is 7.22. The molecule has 0 radical (unpaired) electrons. The van der Waals surface area contributed by atoms with Crippen molar-refractivity contribution in [2.24, 2.45) is 0 Å². The lowest BCUT2D eigenvalue weighted by atomic mass is 10.3. The van der Waals surface area contributed by atoms with Gasteiger partial charge in [0.05, 0.1) is 10.9 Å². The molecule has 3 rings (SSSR count). The maximum atomic E-state index is 14.0. The van der Waals surface area contributed by atoms with E-state index in [1.54, 1.807) is 17.0 Å². The molecular weight excluding hydrogens is 353 g/mol. The molecule has 0 aliphatic rings. The SMILES string of the molecule is CCN(CC)CCN(C(=O)c1cnccn1)c1nc2c(F)cccc2s1. The monoisotopic (exact) mass is 373 g/mol. The van der Waals surface area contributed by atoms with Crippen LogP contribution < -0.4 is 4.90 Å². The first kappa shape index (κ1) is 18.3. The van der Waals surface area contributed by atoms with Crippen LogP contribution in [0.25, 0.3) is 10.2 Å². The van der Waals surface area contributed by atoms with Crippen molar-refractivity contribution in [3.63, 3.8) is 0 Å². The standard InChI is InChI=1S/C18H20FN5OS/c1-3-23(4-2)10-11-24(17(25)14-12-20-8-9-21-14)18-22-16-13(19)6-5-7-15(16)26-18/h5-9,12H,3-4,10-11H2,1-2H3. The normalized spacial score (nSPS) is 11.2. The van der Waals surface area contributed by atoms with Crippen LogP contribution in [0.15, 0.2) is 36.8 Å². The molecule has 0 fully saturated rings. The zero-order chi connectivity index (χ0) is 18.5. The van der Waals surface area contributed by atoms with Crippen LogP contribution in [0, 0.1) is 5.82 Å². The van der Waals surface area contributed by atoms with Crippen molar-refractivity contribution < 1.29 is 9.18 Å². The molecule has 2 aromatic heterocycles. The molecule has 3 aromatic rings. The van der Waals surface area contributed by atoms with Gasteiger partial charge in [-0.05, 0) is 25.2 Å². The van der Waals surface area contributed by atoms with Gasteiger partial charge in [0.15, 0.2) is 5.13 Å². The van der Waals surface area contributed by atoms with E-state index in [0.717, 1.165) is 13.1 Å². The molecule has 0 saturated carbocycles. The molecule has 6 nitrogen and oxygen atoms in total. The van der Waals surface area contributed by atoms with Crippen LogP contribution in [0.3, 0.4) is 0 Å². The van der Waals surface area contributed by atoms with E-state index in [1.807, 2.05) is 0 Å². The first-order valence-corrected chi connectivity index (χ1v) is 9.31. The molecule has 2 heterocycles. The van der Waals surface area contributed by atoms with E-state index in [-0.39, 0.29) is 22.9 Å². The van der Waals surface area contributed by atoms with E-state index in [4.69, 9.17) is 0 Å². The average Bonchev–Trinajstić information content (AvgIpc) is 3.11. The number of anilines is 1. The summed E-state index contributed by atoms with van der Waals surface area (Å²) < 4.78 is 14.7. The summed E-state index contributed by atoms with van der Waals surface area (Å²) in [7, 11) is 0. The van der Waals surface area contributed by atoms with E-state index in [1.165, 1.54) is 36.0 Å². The number of halogens is 1. The average molecular weight is 373 g/mol. The van der Waals surface area contributed by atoms with Crippen LogP contribution in [-0.2, 0) is 0 Å². The smallest absolute Gasteiger partial charge is 0.280 e. The van der Waals surface area contributed by atoms with Gasteiger partial charge in [-0.3, -0.25) is 14.7 Å². The molecule has 0 N–H and O–H groups in total. The van der Waals surface area contributed by atoms with E-state index in [0.29, 0.717) is 22.9 Å². The minimum atomic E-state index is -0.388. The van der Waals surface area contributed by atoms with Crippen LogP contribution in [0.1, 0.15) is 24.3 Å². The number of amides is 1. The van der Waals surface area contributed by atoms with Gasteiger partial charge in [-0.2, -0.15) is 0 Å². The van der Waals surface area contributed by atoms with Gasteiger partial charge in [-0.1, -0.05) is 31.3 Å². The number of carbonyl (C=O) groups excluding carboxylic acids is 1. The Hall–Kier alpha value is -2.45. The van der Waals surface area contributed by atoms with Gasteiger partial charge in [0.1, 0.15) is 17.0 Å². The van der Waals surface area contributed by atoms with Crippen LogP contribution in [0.4, 0.5) is 9.52 Å². The number of aromatic nitrogens is 3. The van der Waals surface area contributed by atoms with Gasteiger partial charge in [0.25, 0.3) is 5.91 Å². The fraction of sp³-hybridized carbons (Fsp3) is 0.333. The van der Waals surface area contributed by atoms with E-state index < -0.39 is 0 Å². The summed E-state index contributed by atoms with van der Waals surface area (Å²) in [5.74, 6) is -0.676. The highest BCUT2D eigenvalue weighted by Crippen LogP contribution is 2.30. The fourth-order valence-electron chi connectivity index (χ4n) is 2.63. The second kappa shape index (κ2) is 8.29. The number of likely N-dealkylation sites (N-methyl/N-ethyl adjacent to an activating group) is 1. The van der Waals surface area contributed by atoms with Gasteiger partial charge >= 0.3 is 0 Å². The summed E-state index contributed by atoms with van der Waals surface area (Å²) in [4.78, 5) is 29.2. The topological polar surface area (TPSA) is 62.2 Å². The maximum Gasteiger partial charge on any atom is 0.280 e. The lowest BCUT2D eigenvalue weighted by molar-refractivity contribution is 0.0978. The Bertz CT molecular complexity index is 882. The molecule has 136 valence electrons. The summed E-state index contributed by atoms with van der Waals surface area (Å²) in [6.45, 7) is 7.06. The van der Waals surface area contributed by atoms with Crippen LogP contribution in [0.5, 0.6) is 0 Å². The molecule has 26 heavy (non-hydrogen) atoms. The number of hydrogen-bond acceptors (Lipinski definition) is 6.